The minimum Gasteiger partial charge on any atom is -0.468 e. The van der Waals surface area contributed by atoms with Gasteiger partial charge in [0, 0.05) is 4.90 Å². The fourth-order valence-corrected chi connectivity index (χ4v) is 2.14. The molecule has 112 valence electrons. The van der Waals surface area contributed by atoms with Gasteiger partial charge in [-0.2, -0.15) is 13.2 Å². The number of tetrazole rings is 1. The Hall–Kier alpha value is -2.10. The molecule has 6 nitrogen and oxygen atoms in total. The Labute approximate surface area is 121 Å². The van der Waals surface area contributed by atoms with Crippen molar-refractivity contribution in [2.24, 2.45) is 0 Å². The van der Waals surface area contributed by atoms with Crippen molar-refractivity contribution in [3.63, 3.8) is 0 Å². The maximum Gasteiger partial charge on any atom is 0.416 e. The molecule has 0 spiro atoms. The molecule has 0 fully saturated rings. The van der Waals surface area contributed by atoms with Crippen molar-refractivity contribution in [3.05, 3.63) is 29.8 Å². The van der Waals surface area contributed by atoms with Gasteiger partial charge < -0.3 is 4.74 Å². The van der Waals surface area contributed by atoms with Crippen LogP contribution in [0.15, 0.2) is 34.3 Å². The van der Waals surface area contributed by atoms with Crippen molar-refractivity contribution in [1.29, 1.82) is 0 Å². The van der Waals surface area contributed by atoms with Crippen LogP contribution < -0.4 is 0 Å². The highest BCUT2D eigenvalue weighted by Gasteiger charge is 2.30. The van der Waals surface area contributed by atoms with Crippen LogP contribution in [0, 0.1) is 0 Å². The van der Waals surface area contributed by atoms with Crippen LogP contribution in [0.4, 0.5) is 13.2 Å². The van der Waals surface area contributed by atoms with Crippen LogP contribution in [0.1, 0.15) is 5.56 Å². The van der Waals surface area contributed by atoms with Crippen LogP contribution in [0.5, 0.6) is 0 Å². The zero-order chi connectivity index (χ0) is 15.5. The van der Waals surface area contributed by atoms with Gasteiger partial charge in [-0.15, -0.1) is 5.10 Å². The van der Waals surface area contributed by atoms with Gasteiger partial charge in [0.2, 0.25) is 5.16 Å². The summed E-state index contributed by atoms with van der Waals surface area (Å²) in [5.74, 6) is -0.531. The standard InChI is InChI=1S/C11H9F3N4O2S/c1-20-9(19)6-18-10(15-16-17-18)21-8-4-2-7(3-5-8)11(12,13)14/h2-5H,6H2,1H3. The largest absolute Gasteiger partial charge is 0.468 e. The van der Waals surface area contributed by atoms with Crippen molar-refractivity contribution < 1.29 is 22.7 Å². The Morgan fingerprint density at radius 3 is 2.57 bits per heavy atom. The number of rotatable bonds is 4. The van der Waals surface area contributed by atoms with Gasteiger partial charge in [-0.1, -0.05) is 0 Å². The topological polar surface area (TPSA) is 69.9 Å². The number of aromatic nitrogens is 4. The molecular weight excluding hydrogens is 309 g/mol. The molecule has 21 heavy (non-hydrogen) atoms. The number of carbonyl (C=O) groups is 1. The molecule has 1 aromatic heterocycles. The highest BCUT2D eigenvalue weighted by molar-refractivity contribution is 7.99. The summed E-state index contributed by atoms with van der Waals surface area (Å²) in [6, 6.07) is 4.56. The molecule has 0 atom stereocenters. The zero-order valence-corrected chi connectivity index (χ0v) is 11.5. The van der Waals surface area contributed by atoms with Crippen LogP contribution in [-0.2, 0) is 22.3 Å². The molecule has 0 saturated heterocycles. The molecule has 2 rings (SSSR count). The lowest BCUT2D eigenvalue weighted by molar-refractivity contribution is -0.141. The van der Waals surface area contributed by atoms with E-state index in [0.29, 0.717) is 4.90 Å². The molecule has 0 aliphatic rings. The van der Waals surface area contributed by atoms with Crippen molar-refractivity contribution in [3.8, 4) is 0 Å². The van der Waals surface area contributed by atoms with E-state index in [1.807, 2.05) is 0 Å². The minimum absolute atomic E-state index is 0.174. The summed E-state index contributed by atoms with van der Waals surface area (Å²) in [5, 5.41) is 11.0. The molecule has 1 heterocycles. The Morgan fingerprint density at radius 1 is 1.33 bits per heavy atom. The lowest BCUT2D eigenvalue weighted by atomic mass is 10.2. The monoisotopic (exact) mass is 318 g/mol. The normalized spacial score (nSPS) is 11.4. The molecule has 0 radical (unpaired) electrons. The summed E-state index contributed by atoms with van der Waals surface area (Å²) in [6.07, 6.45) is -4.38. The second-order valence-electron chi connectivity index (χ2n) is 3.82. The molecule has 0 aliphatic heterocycles. The highest BCUT2D eigenvalue weighted by Crippen LogP contribution is 2.32. The van der Waals surface area contributed by atoms with E-state index >= 15 is 0 Å². The van der Waals surface area contributed by atoms with E-state index in [4.69, 9.17) is 0 Å². The quantitative estimate of drug-likeness (QED) is 0.803. The van der Waals surface area contributed by atoms with Crippen molar-refractivity contribution in [1.82, 2.24) is 20.2 Å². The van der Waals surface area contributed by atoms with Crippen molar-refractivity contribution in [2.45, 2.75) is 22.8 Å². The Morgan fingerprint density at radius 2 is 2.00 bits per heavy atom. The molecule has 1 aromatic carbocycles. The van der Waals surface area contributed by atoms with Crippen molar-refractivity contribution >= 4 is 17.7 Å². The third-order valence-electron chi connectivity index (χ3n) is 2.40. The Bertz CT molecular complexity index is 627. The third-order valence-corrected chi connectivity index (χ3v) is 3.38. The lowest BCUT2D eigenvalue weighted by Crippen LogP contribution is -2.13. The number of halogens is 3. The van der Waals surface area contributed by atoms with Crippen LogP contribution in [-0.4, -0.2) is 33.3 Å². The summed E-state index contributed by atoms with van der Waals surface area (Å²) >= 11 is 1.04. The maximum absolute atomic E-state index is 12.4. The van der Waals surface area contributed by atoms with E-state index in [1.165, 1.54) is 23.9 Å². The van der Waals surface area contributed by atoms with E-state index in [2.05, 4.69) is 20.3 Å². The number of benzene rings is 1. The molecular formula is C11H9F3N4O2S. The molecule has 2 aromatic rings. The molecule has 10 heteroatoms. The van der Waals surface area contributed by atoms with Crippen LogP contribution in [0.25, 0.3) is 0 Å². The van der Waals surface area contributed by atoms with Gasteiger partial charge in [0.05, 0.1) is 12.7 Å². The van der Waals surface area contributed by atoms with Gasteiger partial charge >= 0.3 is 12.1 Å². The average Bonchev–Trinajstić information content (AvgIpc) is 2.85. The fraction of sp³-hybridized carbons (Fsp3) is 0.273. The van der Waals surface area contributed by atoms with E-state index in [9.17, 15) is 18.0 Å². The second-order valence-corrected chi connectivity index (χ2v) is 4.86. The Kier molecular flexibility index (Phi) is 4.46. The first-order chi connectivity index (χ1) is 9.90. The van der Waals surface area contributed by atoms with E-state index in [0.717, 1.165) is 23.9 Å². The molecule has 0 unspecified atom stereocenters. The summed E-state index contributed by atoms with van der Waals surface area (Å²) in [5.41, 5.74) is -0.735. The lowest BCUT2D eigenvalue weighted by Gasteiger charge is -2.07. The highest BCUT2D eigenvalue weighted by atomic mass is 32.2. The number of nitrogens with zero attached hydrogens (tertiary/aromatic N) is 4. The van der Waals surface area contributed by atoms with Crippen LogP contribution >= 0.6 is 11.8 Å². The zero-order valence-electron chi connectivity index (χ0n) is 10.7. The number of hydrogen-bond acceptors (Lipinski definition) is 6. The van der Waals surface area contributed by atoms with Gasteiger partial charge in [0.15, 0.2) is 0 Å². The predicted molar refractivity (Wildman–Crippen MR) is 65.4 cm³/mol. The first-order valence-corrected chi connectivity index (χ1v) is 6.40. The number of ether oxygens (including phenoxy) is 1. The third kappa shape index (κ3) is 3.94. The maximum atomic E-state index is 12.4. The van der Waals surface area contributed by atoms with Gasteiger partial charge in [-0.05, 0) is 46.5 Å². The minimum atomic E-state index is -4.38. The molecule has 0 bridgehead atoms. The number of alkyl halides is 3. The van der Waals surface area contributed by atoms with E-state index in [-0.39, 0.29) is 11.7 Å². The van der Waals surface area contributed by atoms with Crippen LogP contribution in [0.2, 0.25) is 0 Å². The number of methoxy groups -OCH3 is 1. The number of esters is 1. The summed E-state index contributed by atoms with van der Waals surface area (Å²) in [6.45, 7) is -0.174. The van der Waals surface area contributed by atoms with Gasteiger partial charge in [0.25, 0.3) is 0 Å². The van der Waals surface area contributed by atoms with E-state index in [1.54, 1.807) is 0 Å². The first kappa shape index (κ1) is 15.3. The van der Waals surface area contributed by atoms with Gasteiger partial charge in [-0.25, -0.2) is 4.68 Å². The first-order valence-electron chi connectivity index (χ1n) is 5.58. The van der Waals surface area contributed by atoms with E-state index < -0.39 is 17.7 Å². The second kappa shape index (κ2) is 6.12. The molecule has 0 saturated carbocycles. The SMILES string of the molecule is COC(=O)Cn1nnnc1Sc1ccc(C(F)(F)F)cc1. The van der Waals surface area contributed by atoms with Crippen molar-refractivity contribution in [2.75, 3.05) is 7.11 Å². The van der Waals surface area contributed by atoms with Gasteiger partial charge in [-0.3, -0.25) is 4.79 Å². The summed E-state index contributed by atoms with van der Waals surface area (Å²) in [4.78, 5) is 11.7. The number of hydrogen-bond donors (Lipinski definition) is 0. The Balaban J connectivity index is 2.12. The molecule has 0 aliphatic carbocycles. The molecule has 0 N–H and O–H groups in total. The van der Waals surface area contributed by atoms with Gasteiger partial charge in [0.1, 0.15) is 6.54 Å². The average molecular weight is 318 g/mol. The summed E-state index contributed by atoms with van der Waals surface area (Å²) in [7, 11) is 1.23. The molecule has 0 amide bonds. The number of carbonyl (C=O) groups excluding carboxylic acids is 1. The summed E-state index contributed by atoms with van der Waals surface area (Å²) < 4.78 is 43.0. The fourth-order valence-electron chi connectivity index (χ4n) is 1.37. The predicted octanol–water partition coefficient (Wildman–Crippen LogP) is 2.02. The van der Waals surface area contributed by atoms with Crippen LogP contribution in [0.3, 0.4) is 0 Å². The smallest absolute Gasteiger partial charge is 0.416 e.